The number of rotatable bonds is 21. The zero-order valence-electron chi connectivity index (χ0n) is 44.7. The molecule has 1 saturated heterocycles. The average molecular weight is 1150 g/mol. The number of carbonyl (C=O) groups is 11. The molecule has 0 saturated carbocycles. The summed E-state index contributed by atoms with van der Waals surface area (Å²) in [6, 6.07) is 9.27. The SMILES string of the molecule is CC[C@H](C)[C@@H]1NC(=O)[C@H](Cc2ccc(O)cc2)NC(=O)[C@@H](N)CSSC[C@@H](C(=O)NCc2ccc(N=Nc3ccc(C(=O)N[C@@H](CC(C)C)C(=O)NCC(N)=O)cc3)cc2)NC(=O)[C@H](CC(N)=O)NC(=O)[C@H](CCC(N)=O)NC1=O. The van der Waals surface area contributed by atoms with Crippen LogP contribution in [0.25, 0.3) is 0 Å². The van der Waals surface area contributed by atoms with E-state index < -0.39 is 126 Å². The highest BCUT2D eigenvalue weighted by atomic mass is 33.1. The molecule has 28 heteroatoms. The summed E-state index contributed by atoms with van der Waals surface area (Å²) in [5.74, 6) is -9.51. The molecule has 4 rings (SSSR count). The third-order valence-electron chi connectivity index (χ3n) is 12.3. The summed E-state index contributed by atoms with van der Waals surface area (Å²) in [5.41, 5.74) is 24.6. The van der Waals surface area contributed by atoms with Gasteiger partial charge in [0.2, 0.25) is 59.1 Å². The standard InChI is InChI=1S/C52H70N14O12S2/c1-5-28(4)44-52(78)59-36(18-19-41(54)68)49(75)62-39(22-42(55)69)50(76)63-40(26-80-79-25-35(53)46(72)61-38(51(77)64-44)21-29-8-16-34(67)17-9-29)48(74)57-23-30-6-12-32(13-7-30)65-66-33-14-10-31(11-15-33)45(71)60-37(20-27(2)3)47(73)58-24-43(56)70/h6-17,27-28,35-40,44,67H,5,18-26,53H2,1-4H3,(H2,54,68)(H2,55,69)(H2,56,70)(H,57,74)(H,58,73)(H,59,78)(H,60,71)(H,61,72)(H,62,75)(H,63,76)(H,64,77)/t28-,35-,36-,37-,38-,39-,40-,44-/m0/s1. The molecule has 0 unspecified atom stereocenters. The maximum Gasteiger partial charge on any atom is 0.251 e. The number of azo groups is 1. The van der Waals surface area contributed by atoms with Gasteiger partial charge in [0.25, 0.3) is 5.91 Å². The lowest BCUT2D eigenvalue weighted by atomic mass is 9.96. The van der Waals surface area contributed by atoms with E-state index in [-0.39, 0.29) is 54.7 Å². The van der Waals surface area contributed by atoms with Crippen LogP contribution in [0.5, 0.6) is 5.75 Å². The minimum atomic E-state index is -1.70. The van der Waals surface area contributed by atoms with Crippen LogP contribution in [0.1, 0.15) is 81.3 Å². The Morgan fingerprint density at radius 2 is 1.23 bits per heavy atom. The lowest BCUT2D eigenvalue weighted by molar-refractivity contribution is -0.136. The predicted molar refractivity (Wildman–Crippen MR) is 298 cm³/mol. The molecular formula is C52H70N14O12S2. The Labute approximate surface area is 469 Å². The summed E-state index contributed by atoms with van der Waals surface area (Å²) in [5, 5.41) is 39.0. The first kappa shape index (κ1) is 64.4. The van der Waals surface area contributed by atoms with Crippen LogP contribution >= 0.6 is 21.6 Å². The lowest BCUT2D eigenvalue weighted by Crippen LogP contribution is -2.61. The van der Waals surface area contributed by atoms with Gasteiger partial charge < -0.3 is 70.6 Å². The minimum absolute atomic E-state index is 0.0398. The van der Waals surface area contributed by atoms with Crippen molar-refractivity contribution in [2.45, 2.75) is 115 Å². The van der Waals surface area contributed by atoms with E-state index in [0.717, 1.165) is 21.6 Å². The normalized spacial score (nSPS) is 20.6. The monoisotopic (exact) mass is 1150 g/mol. The van der Waals surface area contributed by atoms with Gasteiger partial charge in [0.1, 0.15) is 42.0 Å². The molecule has 0 aliphatic carbocycles. The molecule has 3 aromatic carbocycles. The Bertz CT molecular complexity index is 2720. The van der Waals surface area contributed by atoms with Crippen LogP contribution in [0.15, 0.2) is 83.0 Å². The fraction of sp³-hybridized carbons (Fsp3) is 0.442. The Morgan fingerprint density at radius 1 is 0.662 bits per heavy atom. The van der Waals surface area contributed by atoms with E-state index in [1.54, 1.807) is 62.4 Å². The van der Waals surface area contributed by atoms with Gasteiger partial charge in [0, 0.05) is 36.5 Å². The van der Waals surface area contributed by atoms with Gasteiger partial charge in [-0.1, -0.05) is 80.0 Å². The molecule has 3 aromatic rings. The lowest BCUT2D eigenvalue weighted by Gasteiger charge is -2.29. The first-order valence-corrected chi connectivity index (χ1v) is 28.0. The van der Waals surface area contributed by atoms with Crippen molar-refractivity contribution in [1.82, 2.24) is 42.5 Å². The van der Waals surface area contributed by atoms with E-state index in [2.05, 4.69) is 52.8 Å². The zero-order chi connectivity index (χ0) is 59.1. The second-order valence-corrected chi connectivity index (χ2v) is 21.9. The average Bonchev–Trinajstić information content (AvgIpc) is 3.41. The summed E-state index contributed by atoms with van der Waals surface area (Å²) >= 11 is 0. The van der Waals surface area contributed by atoms with Crippen molar-refractivity contribution < 1.29 is 57.8 Å². The fourth-order valence-corrected chi connectivity index (χ4v) is 9.90. The molecule has 0 radical (unpaired) electrons. The van der Waals surface area contributed by atoms with E-state index in [0.29, 0.717) is 35.3 Å². The number of primary amides is 3. The molecule has 8 atom stereocenters. The van der Waals surface area contributed by atoms with Crippen LogP contribution in [-0.4, -0.2) is 130 Å². The highest BCUT2D eigenvalue weighted by molar-refractivity contribution is 8.76. The molecule has 17 N–H and O–H groups in total. The molecule has 1 heterocycles. The largest absolute Gasteiger partial charge is 0.508 e. The highest BCUT2D eigenvalue weighted by Gasteiger charge is 2.36. The number of amides is 11. The quantitative estimate of drug-likeness (QED) is 0.0483. The van der Waals surface area contributed by atoms with Crippen molar-refractivity contribution in [2.75, 3.05) is 18.1 Å². The van der Waals surface area contributed by atoms with Crippen molar-refractivity contribution in [3.05, 3.63) is 89.5 Å². The Balaban J connectivity index is 1.53. The third kappa shape index (κ3) is 22.0. The maximum atomic E-state index is 14.1. The van der Waals surface area contributed by atoms with Crippen LogP contribution in [0.4, 0.5) is 11.4 Å². The summed E-state index contributed by atoms with van der Waals surface area (Å²) < 4.78 is 0. The van der Waals surface area contributed by atoms with E-state index in [1.807, 2.05) is 13.8 Å². The third-order valence-corrected chi connectivity index (χ3v) is 14.7. The van der Waals surface area contributed by atoms with E-state index >= 15 is 0 Å². The molecule has 0 spiro atoms. The van der Waals surface area contributed by atoms with Gasteiger partial charge in [0.05, 0.1) is 30.4 Å². The highest BCUT2D eigenvalue weighted by Crippen LogP contribution is 2.24. The zero-order valence-corrected chi connectivity index (χ0v) is 46.3. The Morgan fingerprint density at radius 3 is 1.81 bits per heavy atom. The van der Waals surface area contributed by atoms with Gasteiger partial charge in [-0.3, -0.25) is 52.7 Å². The van der Waals surface area contributed by atoms with Crippen LogP contribution in [0.3, 0.4) is 0 Å². The number of benzene rings is 3. The second kappa shape index (κ2) is 32.1. The number of hydrogen-bond donors (Lipinski definition) is 13. The topological polar surface area (TPSA) is 433 Å². The number of carbonyl (C=O) groups excluding carboxylic acids is 11. The van der Waals surface area contributed by atoms with Crippen molar-refractivity contribution in [3.63, 3.8) is 0 Å². The maximum absolute atomic E-state index is 14.1. The van der Waals surface area contributed by atoms with E-state index in [4.69, 9.17) is 22.9 Å². The van der Waals surface area contributed by atoms with Gasteiger partial charge in [-0.2, -0.15) is 10.2 Å². The first-order valence-electron chi connectivity index (χ1n) is 25.5. The smallest absolute Gasteiger partial charge is 0.251 e. The number of nitrogens with one attached hydrogen (secondary N) is 8. The van der Waals surface area contributed by atoms with Gasteiger partial charge in [-0.25, -0.2) is 0 Å². The molecule has 80 heavy (non-hydrogen) atoms. The number of phenols is 1. The van der Waals surface area contributed by atoms with Gasteiger partial charge >= 0.3 is 0 Å². The molecule has 1 aliphatic heterocycles. The molecular weight excluding hydrogens is 1080 g/mol. The molecule has 432 valence electrons. The van der Waals surface area contributed by atoms with Gasteiger partial charge in [-0.05, 0) is 84.3 Å². The second-order valence-electron chi connectivity index (χ2n) is 19.3. The number of aromatic hydroxyl groups is 1. The molecule has 0 aromatic heterocycles. The number of nitrogens with zero attached hydrogens (tertiary/aromatic N) is 2. The summed E-state index contributed by atoms with van der Waals surface area (Å²) in [7, 11) is 2.13. The Kier molecular flexibility index (Phi) is 25.8. The number of phenolic OH excluding ortho intramolecular Hbond substituents is 1. The molecule has 26 nitrogen and oxygen atoms in total. The molecule has 11 amide bonds. The summed E-state index contributed by atoms with van der Waals surface area (Å²) in [6.45, 7) is 6.75. The Hall–Kier alpha value is -8.11. The van der Waals surface area contributed by atoms with Crippen LogP contribution in [0.2, 0.25) is 0 Å². The summed E-state index contributed by atoms with van der Waals surface area (Å²) in [6.07, 6.45) is -0.969. The minimum Gasteiger partial charge on any atom is -0.508 e. The van der Waals surface area contributed by atoms with Crippen molar-refractivity contribution in [2.24, 2.45) is 45.0 Å². The molecule has 0 bridgehead atoms. The van der Waals surface area contributed by atoms with Gasteiger partial charge in [0.15, 0.2) is 0 Å². The van der Waals surface area contributed by atoms with E-state index in [9.17, 15) is 57.8 Å². The van der Waals surface area contributed by atoms with Crippen LogP contribution < -0.4 is 65.5 Å². The summed E-state index contributed by atoms with van der Waals surface area (Å²) in [4.78, 5) is 145. The molecule has 1 aliphatic rings. The van der Waals surface area contributed by atoms with Gasteiger partial charge in [-0.15, -0.1) is 0 Å². The van der Waals surface area contributed by atoms with E-state index in [1.165, 1.54) is 24.3 Å². The van der Waals surface area contributed by atoms with Crippen LogP contribution in [0, 0.1) is 11.8 Å². The van der Waals surface area contributed by atoms with Crippen molar-refractivity contribution >= 4 is 97.9 Å². The number of nitrogens with two attached hydrogens (primary N) is 4. The van der Waals surface area contributed by atoms with Crippen molar-refractivity contribution in [1.29, 1.82) is 0 Å². The predicted octanol–water partition coefficient (Wildman–Crippen LogP) is -0.254. The van der Waals surface area contributed by atoms with Crippen molar-refractivity contribution in [3.8, 4) is 5.75 Å². The van der Waals surface area contributed by atoms with Crippen LogP contribution in [-0.2, 0) is 60.9 Å². The fourth-order valence-electron chi connectivity index (χ4n) is 7.61. The number of hydrogen-bond acceptors (Lipinski definition) is 17. The molecule has 1 fully saturated rings. The first-order chi connectivity index (χ1) is 37.9.